The fourth-order valence-corrected chi connectivity index (χ4v) is 5.64. The molecule has 35 heavy (non-hydrogen) atoms. The van der Waals surface area contributed by atoms with Crippen LogP contribution in [0.4, 0.5) is 4.39 Å². The lowest BCUT2D eigenvalue weighted by Gasteiger charge is -2.29. The zero-order valence-electron chi connectivity index (χ0n) is 19.8. The lowest BCUT2D eigenvalue weighted by molar-refractivity contribution is 0.0910. The number of fused-ring (bicyclic) bond motifs is 1. The molecule has 7 heteroatoms. The minimum Gasteiger partial charge on any atom is -0.349 e. The molecule has 5 nitrogen and oxygen atoms in total. The molecular formula is C28H29FN4OS. The van der Waals surface area contributed by atoms with Crippen LogP contribution >= 0.6 is 11.8 Å². The van der Waals surface area contributed by atoms with E-state index in [4.69, 9.17) is 4.98 Å². The van der Waals surface area contributed by atoms with E-state index in [2.05, 4.69) is 21.8 Å². The lowest BCUT2D eigenvalue weighted by Crippen LogP contribution is -2.41. The number of imidazole rings is 1. The molecule has 2 aromatic carbocycles. The van der Waals surface area contributed by atoms with Gasteiger partial charge >= 0.3 is 0 Å². The number of hydrogen-bond acceptors (Lipinski definition) is 4. The second-order valence-electron chi connectivity index (χ2n) is 9.30. The highest BCUT2D eigenvalue weighted by Gasteiger charge is 2.23. The minimum absolute atomic E-state index is 0.0107. The summed E-state index contributed by atoms with van der Waals surface area (Å²) in [6, 6.07) is 16.6. The molecule has 1 amide bonds. The lowest BCUT2D eigenvalue weighted by atomic mass is 9.86. The third-order valence-corrected chi connectivity index (χ3v) is 7.83. The number of carbonyl (C=O) groups excluding carboxylic acids is 1. The Balaban J connectivity index is 1.27. The normalized spacial score (nSPS) is 18.0. The van der Waals surface area contributed by atoms with Gasteiger partial charge < -0.3 is 9.88 Å². The summed E-state index contributed by atoms with van der Waals surface area (Å²) in [6.45, 7) is 2.81. The summed E-state index contributed by atoms with van der Waals surface area (Å²) in [5, 5.41) is 4.10. The summed E-state index contributed by atoms with van der Waals surface area (Å²) in [4.78, 5) is 21.8. The van der Waals surface area contributed by atoms with Crippen LogP contribution in [0.3, 0.4) is 0 Å². The fourth-order valence-electron chi connectivity index (χ4n) is 4.67. The number of benzene rings is 2. The first-order chi connectivity index (χ1) is 17.1. The highest BCUT2D eigenvalue weighted by molar-refractivity contribution is 7.98. The standard InChI is InChI=1S/C28H29FN4OS/c1-19-4-2-3-5-24(19)31-27(34)22-10-6-21(7-11-22)18-35-28-32-25-14-15-30-16-26(25)33(28)17-20-8-12-23(29)13-9-20/h6-16,19,24H,2-5,17-18H2,1H3,(H,31,34)/t19-,24-/m0/s1. The second-order valence-corrected chi connectivity index (χ2v) is 10.2. The van der Waals surface area contributed by atoms with E-state index >= 15 is 0 Å². The molecule has 2 heterocycles. The van der Waals surface area contributed by atoms with Crippen molar-refractivity contribution in [1.29, 1.82) is 0 Å². The monoisotopic (exact) mass is 488 g/mol. The van der Waals surface area contributed by atoms with E-state index in [1.165, 1.54) is 31.4 Å². The van der Waals surface area contributed by atoms with Crippen LogP contribution < -0.4 is 5.32 Å². The van der Waals surface area contributed by atoms with E-state index in [1.807, 2.05) is 36.5 Å². The topological polar surface area (TPSA) is 59.8 Å². The number of aromatic nitrogens is 3. The van der Waals surface area contributed by atoms with E-state index < -0.39 is 0 Å². The highest BCUT2D eigenvalue weighted by atomic mass is 32.2. The first-order valence-electron chi connectivity index (χ1n) is 12.1. The average molecular weight is 489 g/mol. The van der Waals surface area contributed by atoms with Crippen molar-refractivity contribution < 1.29 is 9.18 Å². The largest absolute Gasteiger partial charge is 0.349 e. The number of carbonyl (C=O) groups is 1. The Bertz CT molecular complexity index is 1300. The van der Waals surface area contributed by atoms with Crippen molar-refractivity contribution in [2.45, 2.75) is 56.1 Å². The van der Waals surface area contributed by atoms with Gasteiger partial charge in [-0.3, -0.25) is 9.78 Å². The van der Waals surface area contributed by atoms with Gasteiger partial charge in [-0.05, 0) is 60.2 Å². The Labute approximate surface area is 209 Å². The predicted molar refractivity (Wildman–Crippen MR) is 138 cm³/mol. The molecular weight excluding hydrogens is 459 g/mol. The summed E-state index contributed by atoms with van der Waals surface area (Å²) in [7, 11) is 0. The maximum atomic E-state index is 13.4. The number of nitrogens with one attached hydrogen (secondary N) is 1. The second kappa shape index (κ2) is 10.6. The maximum Gasteiger partial charge on any atom is 0.251 e. The van der Waals surface area contributed by atoms with E-state index in [9.17, 15) is 9.18 Å². The van der Waals surface area contributed by atoms with Gasteiger partial charge in [0.25, 0.3) is 5.91 Å². The zero-order valence-corrected chi connectivity index (χ0v) is 20.6. The molecule has 5 rings (SSSR count). The maximum absolute atomic E-state index is 13.4. The first kappa shape index (κ1) is 23.5. The number of nitrogens with zero attached hydrogens (tertiary/aromatic N) is 3. The number of thioether (sulfide) groups is 1. The number of hydrogen-bond donors (Lipinski definition) is 1. The number of rotatable bonds is 7. The van der Waals surface area contributed by atoms with E-state index in [1.54, 1.807) is 30.1 Å². The van der Waals surface area contributed by atoms with Crippen LogP contribution in [-0.2, 0) is 12.3 Å². The number of amides is 1. The van der Waals surface area contributed by atoms with Gasteiger partial charge in [-0.25, -0.2) is 9.37 Å². The molecule has 2 atom stereocenters. The minimum atomic E-state index is -0.245. The Morgan fingerprint density at radius 3 is 2.57 bits per heavy atom. The van der Waals surface area contributed by atoms with Gasteiger partial charge in [0, 0.05) is 23.6 Å². The zero-order chi connectivity index (χ0) is 24.2. The molecule has 0 aliphatic heterocycles. The molecule has 0 bridgehead atoms. The molecule has 0 unspecified atom stereocenters. The van der Waals surface area contributed by atoms with Crippen molar-refractivity contribution in [2.24, 2.45) is 5.92 Å². The molecule has 2 aromatic heterocycles. The summed E-state index contributed by atoms with van der Waals surface area (Å²) in [5.74, 6) is 1.03. The average Bonchev–Trinajstić information content (AvgIpc) is 3.23. The summed E-state index contributed by atoms with van der Waals surface area (Å²) in [5.41, 5.74) is 4.65. The van der Waals surface area contributed by atoms with Gasteiger partial charge in [0.15, 0.2) is 5.16 Å². The van der Waals surface area contributed by atoms with Gasteiger partial charge in [-0.1, -0.05) is 55.8 Å². The molecule has 180 valence electrons. The Kier molecular flexibility index (Phi) is 7.13. The van der Waals surface area contributed by atoms with Crippen LogP contribution in [0.15, 0.2) is 72.1 Å². The molecule has 4 aromatic rings. The van der Waals surface area contributed by atoms with Crippen molar-refractivity contribution >= 4 is 28.7 Å². The van der Waals surface area contributed by atoms with E-state index in [0.717, 1.165) is 39.5 Å². The molecule has 1 aliphatic rings. The molecule has 1 N–H and O–H groups in total. The fraction of sp³-hybridized carbons (Fsp3) is 0.321. The molecule has 0 radical (unpaired) electrons. The number of halogens is 1. The Morgan fingerprint density at radius 1 is 1.06 bits per heavy atom. The molecule has 0 saturated heterocycles. The molecule has 1 saturated carbocycles. The Morgan fingerprint density at radius 2 is 1.80 bits per heavy atom. The summed E-state index contributed by atoms with van der Waals surface area (Å²) < 4.78 is 15.5. The van der Waals surface area contributed by atoms with Gasteiger partial charge in [-0.2, -0.15) is 0 Å². The van der Waals surface area contributed by atoms with Crippen molar-refractivity contribution in [1.82, 2.24) is 19.9 Å². The van der Waals surface area contributed by atoms with Gasteiger partial charge in [-0.15, -0.1) is 0 Å². The van der Waals surface area contributed by atoms with Crippen molar-refractivity contribution in [3.8, 4) is 0 Å². The van der Waals surface area contributed by atoms with Crippen LogP contribution in [0.5, 0.6) is 0 Å². The molecule has 1 fully saturated rings. The Hall–Kier alpha value is -3.19. The summed E-state index contributed by atoms with van der Waals surface area (Å²) >= 11 is 1.64. The van der Waals surface area contributed by atoms with Crippen LogP contribution in [0, 0.1) is 11.7 Å². The highest BCUT2D eigenvalue weighted by Crippen LogP contribution is 2.28. The van der Waals surface area contributed by atoms with Crippen LogP contribution in [0.25, 0.3) is 11.0 Å². The predicted octanol–water partition coefficient (Wildman–Crippen LogP) is 6.22. The SMILES string of the molecule is C[C@H]1CCCC[C@@H]1NC(=O)c1ccc(CSc2nc3ccncc3n2Cc2ccc(F)cc2)cc1. The van der Waals surface area contributed by atoms with Crippen LogP contribution in [-0.4, -0.2) is 26.5 Å². The van der Waals surface area contributed by atoms with Gasteiger partial charge in [0.05, 0.1) is 23.8 Å². The third kappa shape index (κ3) is 5.56. The van der Waals surface area contributed by atoms with Gasteiger partial charge in [0.1, 0.15) is 5.82 Å². The van der Waals surface area contributed by atoms with E-state index in [-0.39, 0.29) is 17.8 Å². The van der Waals surface area contributed by atoms with Crippen molar-refractivity contribution in [3.63, 3.8) is 0 Å². The van der Waals surface area contributed by atoms with Crippen LogP contribution in [0.2, 0.25) is 0 Å². The van der Waals surface area contributed by atoms with Crippen molar-refractivity contribution in [3.05, 3.63) is 89.5 Å². The number of pyridine rings is 1. The molecule has 1 aliphatic carbocycles. The van der Waals surface area contributed by atoms with Gasteiger partial charge in [0.2, 0.25) is 0 Å². The first-order valence-corrected chi connectivity index (χ1v) is 13.1. The third-order valence-electron chi connectivity index (χ3n) is 6.78. The molecule has 0 spiro atoms. The summed E-state index contributed by atoms with van der Waals surface area (Å²) in [6.07, 6.45) is 8.25. The van der Waals surface area contributed by atoms with E-state index in [0.29, 0.717) is 18.0 Å². The quantitative estimate of drug-likeness (QED) is 0.314. The van der Waals surface area contributed by atoms with Crippen molar-refractivity contribution in [2.75, 3.05) is 0 Å². The smallest absolute Gasteiger partial charge is 0.251 e. The van der Waals surface area contributed by atoms with Crippen LogP contribution in [0.1, 0.15) is 54.1 Å².